The van der Waals surface area contributed by atoms with Gasteiger partial charge < -0.3 is 10.4 Å². The lowest BCUT2D eigenvalue weighted by Crippen LogP contribution is -2.42. The highest BCUT2D eigenvalue weighted by molar-refractivity contribution is 7.92. The van der Waals surface area contributed by atoms with Crippen molar-refractivity contribution in [2.75, 3.05) is 10.5 Å². The number of carbonyl (C=O) groups excluding carboxylic acids is 1. The Bertz CT molecular complexity index is 880. The molecule has 0 aliphatic heterocycles. The first-order chi connectivity index (χ1) is 12.8. The first-order valence-corrected chi connectivity index (χ1v) is 10.1. The molecule has 1 atom stereocenters. The predicted molar refractivity (Wildman–Crippen MR) is 103 cm³/mol. The summed E-state index contributed by atoms with van der Waals surface area (Å²) in [5, 5.41) is 11.9. The fourth-order valence-corrected chi connectivity index (χ4v) is 3.62. The number of benzene rings is 2. The topological polar surface area (TPSA) is 113 Å². The van der Waals surface area contributed by atoms with Crippen LogP contribution in [-0.4, -0.2) is 37.2 Å². The first kappa shape index (κ1) is 20.4. The van der Waals surface area contributed by atoms with Crippen LogP contribution in [0.5, 0.6) is 0 Å². The quantitative estimate of drug-likeness (QED) is 0.608. The summed E-state index contributed by atoms with van der Waals surface area (Å²) in [5.74, 6) is -1.66. The molecular formula is C19H22N2O5S. The molecule has 0 aliphatic carbocycles. The van der Waals surface area contributed by atoms with Crippen LogP contribution in [-0.2, 0) is 21.2 Å². The zero-order valence-corrected chi connectivity index (χ0v) is 15.7. The lowest BCUT2D eigenvalue weighted by Gasteiger charge is -2.15. The van der Waals surface area contributed by atoms with Gasteiger partial charge in [-0.2, -0.15) is 0 Å². The molecule has 27 heavy (non-hydrogen) atoms. The molecule has 0 heterocycles. The molecule has 2 aromatic rings. The summed E-state index contributed by atoms with van der Waals surface area (Å²) < 4.78 is 25.9. The van der Waals surface area contributed by atoms with Gasteiger partial charge in [-0.15, -0.1) is 0 Å². The third kappa shape index (κ3) is 6.41. The minimum atomic E-state index is -3.41. The van der Waals surface area contributed by atoms with E-state index in [4.69, 9.17) is 0 Å². The third-order valence-corrected chi connectivity index (χ3v) is 5.27. The average molecular weight is 390 g/mol. The maximum Gasteiger partial charge on any atom is 0.326 e. The van der Waals surface area contributed by atoms with Crippen LogP contribution in [0.15, 0.2) is 54.6 Å². The molecule has 0 spiro atoms. The number of hydrogen-bond acceptors (Lipinski definition) is 4. The highest BCUT2D eigenvalue weighted by Crippen LogP contribution is 2.13. The van der Waals surface area contributed by atoms with Gasteiger partial charge in [0.25, 0.3) is 5.91 Å². The lowest BCUT2D eigenvalue weighted by atomic mass is 10.1. The van der Waals surface area contributed by atoms with Crippen LogP contribution < -0.4 is 10.0 Å². The summed E-state index contributed by atoms with van der Waals surface area (Å²) >= 11 is 0. The van der Waals surface area contributed by atoms with Gasteiger partial charge in [-0.1, -0.05) is 37.3 Å². The molecule has 0 fully saturated rings. The normalized spacial score (nSPS) is 12.2. The summed E-state index contributed by atoms with van der Waals surface area (Å²) in [6.07, 6.45) is 0.657. The van der Waals surface area contributed by atoms with Crippen molar-refractivity contribution in [3.63, 3.8) is 0 Å². The van der Waals surface area contributed by atoms with Crippen LogP contribution in [0.1, 0.15) is 29.3 Å². The second-order valence-corrected chi connectivity index (χ2v) is 7.89. The van der Waals surface area contributed by atoms with Crippen molar-refractivity contribution in [1.29, 1.82) is 0 Å². The van der Waals surface area contributed by atoms with E-state index >= 15 is 0 Å². The first-order valence-electron chi connectivity index (χ1n) is 8.49. The van der Waals surface area contributed by atoms with Crippen molar-refractivity contribution in [3.8, 4) is 0 Å². The summed E-state index contributed by atoms with van der Waals surface area (Å²) in [4.78, 5) is 23.8. The Balaban J connectivity index is 2.04. The Morgan fingerprint density at radius 1 is 1.04 bits per heavy atom. The van der Waals surface area contributed by atoms with E-state index in [1.807, 2.05) is 6.07 Å². The highest BCUT2D eigenvalue weighted by atomic mass is 32.2. The zero-order chi connectivity index (χ0) is 19.9. The smallest absolute Gasteiger partial charge is 0.326 e. The van der Waals surface area contributed by atoms with Crippen LogP contribution in [0.3, 0.4) is 0 Å². The zero-order valence-electron chi connectivity index (χ0n) is 14.9. The van der Waals surface area contributed by atoms with Gasteiger partial charge in [-0.05, 0) is 36.2 Å². The number of carbonyl (C=O) groups is 2. The Morgan fingerprint density at radius 2 is 1.67 bits per heavy atom. The second-order valence-electron chi connectivity index (χ2n) is 6.05. The van der Waals surface area contributed by atoms with Crippen LogP contribution in [0.2, 0.25) is 0 Å². The molecule has 0 unspecified atom stereocenters. The van der Waals surface area contributed by atoms with Crippen molar-refractivity contribution >= 4 is 27.6 Å². The van der Waals surface area contributed by atoms with Crippen LogP contribution >= 0.6 is 0 Å². The molecule has 8 heteroatoms. The molecule has 0 radical (unpaired) electrons. The van der Waals surface area contributed by atoms with E-state index in [-0.39, 0.29) is 17.7 Å². The van der Waals surface area contributed by atoms with Crippen molar-refractivity contribution in [2.24, 2.45) is 0 Å². The summed E-state index contributed by atoms with van der Waals surface area (Å²) in [6.45, 7) is 1.76. The molecule has 0 bridgehead atoms. The van der Waals surface area contributed by atoms with Gasteiger partial charge >= 0.3 is 5.97 Å². The van der Waals surface area contributed by atoms with Gasteiger partial charge in [0.05, 0.1) is 5.75 Å². The highest BCUT2D eigenvalue weighted by Gasteiger charge is 2.21. The number of hydrogen-bond donors (Lipinski definition) is 3. The number of rotatable bonds is 9. The number of carboxylic acids is 1. The molecule has 0 saturated carbocycles. The molecular weight excluding hydrogens is 368 g/mol. The monoisotopic (exact) mass is 390 g/mol. The SMILES string of the molecule is CCCS(=O)(=O)Nc1ccc(C(=O)N[C@@H](Cc2ccccc2)C(=O)O)cc1. The van der Waals surface area contributed by atoms with Crippen LogP contribution in [0, 0.1) is 0 Å². The van der Waals surface area contributed by atoms with Crippen LogP contribution in [0.4, 0.5) is 5.69 Å². The maximum absolute atomic E-state index is 12.3. The Labute approximate surface area is 158 Å². The number of aliphatic carboxylic acids is 1. The number of amides is 1. The van der Waals surface area contributed by atoms with Crippen molar-refractivity contribution in [1.82, 2.24) is 5.32 Å². The Morgan fingerprint density at radius 3 is 2.22 bits per heavy atom. The molecule has 0 aliphatic rings. The fourth-order valence-electron chi connectivity index (χ4n) is 2.48. The average Bonchev–Trinajstić information content (AvgIpc) is 2.62. The van der Waals surface area contributed by atoms with E-state index in [9.17, 15) is 23.1 Å². The van der Waals surface area contributed by atoms with Gasteiger partial charge in [-0.25, -0.2) is 13.2 Å². The van der Waals surface area contributed by atoms with Gasteiger partial charge in [0.15, 0.2) is 0 Å². The summed E-state index contributed by atoms with van der Waals surface area (Å²) in [7, 11) is -3.41. The minimum Gasteiger partial charge on any atom is -0.480 e. The molecule has 7 nitrogen and oxygen atoms in total. The van der Waals surface area contributed by atoms with Gasteiger partial charge in [0, 0.05) is 17.7 Å². The molecule has 1 amide bonds. The van der Waals surface area contributed by atoms with E-state index in [0.29, 0.717) is 12.1 Å². The Kier molecular flexibility index (Phi) is 6.95. The molecule has 0 saturated heterocycles. The molecule has 144 valence electrons. The fraction of sp³-hybridized carbons (Fsp3) is 0.263. The molecule has 0 aromatic heterocycles. The van der Waals surface area contributed by atoms with Crippen molar-refractivity contribution < 1.29 is 23.1 Å². The predicted octanol–water partition coefficient (Wildman–Crippen LogP) is 2.26. The standard InChI is InChI=1S/C19H22N2O5S/c1-2-12-27(25,26)21-16-10-8-15(9-11-16)18(22)20-17(19(23)24)13-14-6-4-3-5-7-14/h3-11,17,21H,2,12-13H2,1H3,(H,20,22)(H,23,24)/t17-/m0/s1. The number of carboxylic acid groups (broad SMARTS) is 1. The molecule has 3 N–H and O–H groups in total. The Hall–Kier alpha value is -2.87. The molecule has 2 rings (SSSR count). The van der Waals surface area contributed by atoms with E-state index < -0.39 is 27.9 Å². The lowest BCUT2D eigenvalue weighted by molar-refractivity contribution is -0.139. The minimum absolute atomic E-state index is 0.00894. The largest absolute Gasteiger partial charge is 0.480 e. The van der Waals surface area contributed by atoms with E-state index in [1.54, 1.807) is 31.2 Å². The van der Waals surface area contributed by atoms with Crippen LogP contribution in [0.25, 0.3) is 0 Å². The number of anilines is 1. The summed E-state index contributed by atoms with van der Waals surface area (Å²) in [5.41, 5.74) is 1.39. The maximum atomic E-state index is 12.3. The van der Waals surface area contributed by atoms with Crippen molar-refractivity contribution in [2.45, 2.75) is 25.8 Å². The molecule has 2 aromatic carbocycles. The van der Waals surface area contributed by atoms with Gasteiger partial charge in [0.1, 0.15) is 6.04 Å². The number of sulfonamides is 1. The van der Waals surface area contributed by atoms with E-state index in [1.165, 1.54) is 24.3 Å². The van der Waals surface area contributed by atoms with Crippen molar-refractivity contribution in [3.05, 3.63) is 65.7 Å². The van der Waals surface area contributed by atoms with Gasteiger partial charge in [-0.3, -0.25) is 9.52 Å². The second kappa shape index (κ2) is 9.18. The third-order valence-electron chi connectivity index (χ3n) is 3.78. The number of nitrogens with one attached hydrogen (secondary N) is 2. The summed E-state index contributed by atoms with van der Waals surface area (Å²) in [6, 6.07) is 13.8. The van der Waals surface area contributed by atoms with E-state index in [0.717, 1.165) is 5.56 Å². The van der Waals surface area contributed by atoms with E-state index in [2.05, 4.69) is 10.0 Å². The van der Waals surface area contributed by atoms with Gasteiger partial charge in [0.2, 0.25) is 10.0 Å².